The van der Waals surface area contributed by atoms with Crippen LogP contribution in [-0.4, -0.2) is 30.4 Å². The fraction of sp³-hybridized carbons (Fsp3) is 0.500. The minimum absolute atomic E-state index is 0.720. The van der Waals surface area contributed by atoms with Crippen molar-refractivity contribution in [2.45, 2.75) is 26.8 Å². The molecule has 2 aromatic rings. The zero-order valence-corrected chi connectivity index (χ0v) is 8.23. The first-order valence-electron chi connectivity index (χ1n) is 4.49. The van der Waals surface area contributed by atoms with E-state index in [4.69, 9.17) is 0 Å². The van der Waals surface area contributed by atoms with Crippen LogP contribution < -0.4 is 0 Å². The van der Waals surface area contributed by atoms with Crippen molar-refractivity contribution in [2.75, 3.05) is 0 Å². The molecule has 0 fully saturated rings. The molecular weight excluding hydrogens is 180 g/mol. The zero-order chi connectivity index (χ0) is 9.97. The lowest BCUT2D eigenvalue weighted by atomic mass is 10.4. The summed E-state index contributed by atoms with van der Waals surface area (Å²) >= 11 is 0. The van der Waals surface area contributed by atoms with E-state index >= 15 is 0 Å². The molecule has 0 bridgehead atoms. The maximum atomic E-state index is 4.34. The molecule has 0 radical (unpaired) electrons. The average molecular weight is 192 g/mol. The van der Waals surface area contributed by atoms with E-state index in [-0.39, 0.29) is 0 Å². The van der Waals surface area contributed by atoms with Gasteiger partial charge in [-0.15, -0.1) is 10.2 Å². The van der Waals surface area contributed by atoms with Crippen molar-refractivity contribution in [3.8, 4) is 0 Å². The second-order valence-electron chi connectivity index (χ2n) is 3.23. The van der Waals surface area contributed by atoms with Gasteiger partial charge in [-0.3, -0.25) is 4.68 Å². The number of aromatic amines is 1. The topological polar surface area (TPSA) is 72.3 Å². The summed E-state index contributed by atoms with van der Waals surface area (Å²) in [6.45, 7) is 4.81. The van der Waals surface area contributed by atoms with Crippen LogP contribution in [0.4, 0.5) is 0 Å². The Morgan fingerprint density at radius 1 is 1.43 bits per heavy atom. The van der Waals surface area contributed by atoms with Gasteiger partial charge >= 0.3 is 0 Å². The first kappa shape index (κ1) is 8.86. The molecule has 0 aliphatic heterocycles. The van der Waals surface area contributed by atoms with E-state index in [1.165, 1.54) is 0 Å². The maximum Gasteiger partial charge on any atom is 0.176 e. The molecule has 6 nitrogen and oxygen atoms in total. The average Bonchev–Trinajstić information content (AvgIpc) is 2.72. The van der Waals surface area contributed by atoms with Gasteiger partial charge in [-0.1, -0.05) is 5.21 Å². The summed E-state index contributed by atoms with van der Waals surface area (Å²) in [7, 11) is 0. The minimum Gasteiger partial charge on any atom is -0.269 e. The van der Waals surface area contributed by atoms with E-state index in [2.05, 4.69) is 31.8 Å². The summed E-state index contributed by atoms with van der Waals surface area (Å²) in [4.78, 5) is 0. The fourth-order valence-corrected chi connectivity index (χ4v) is 1.40. The molecule has 0 unspecified atom stereocenters. The largest absolute Gasteiger partial charge is 0.269 e. The second kappa shape index (κ2) is 3.57. The summed E-state index contributed by atoms with van der Waals surface area (Å²) in [6.07, 6.45) is 0.748. The Morgan fingerprint density at radius 3 is 2.86 bits per heavy atom. The summed E-state index contributed by atoms with van der Waals surface area (Å²) in [5.74, 6) is 0.720. The number of nitrogens with one attached hydrogen (secondary N) is 1. The monoisotopic (exact) mass is 192 g/mol. The van der Waals surface area contributed by atoms with Gasteiger partial charge in [0.2, 0.25) is 0 Å². The van der Waals surface area contributed by atoms with Gasteiger partial charge < -0.3 is 0 Å². The lowest BCUT2D eigenvalue weighted by molar-refractivity contribution is 0.582. The van der Waals surface area contributed by atoms with Crippen LogP contribution in [0.2, 0.25) is 0 Å². The highest BCUT2D eigenvalue weighted by molar-refractivity contribution is 5.06. The van der Waals surface area contributed by atoms with Crippen LogP contribution in [0.1, 0.15) is 17.2 Å². The van der Waals surface area contributed by atoms with Crippen molar-refractivity contribution >= 4 is 0 Å². The molecule has 0 amide bonds. The molecule has 0 aromatic carbocycles. The standard InChI is InChI=1S/C8H12N6/c1-6-5-7(2)14(11-6)4-3-8-9-12-13-10-8/h5H,3-4H2,1-2H3,(H,9,10,12,13). The first-order valence-corrected chi connectivity index (χ1v) is 4.49. The molecule has 0 spiro atoms. The smallest absolute Gasteiger partial charge is 0.176 e. The Bertz CT molecular complexity index is 401. The molecular formula is C8H12N6. The third-order valence-corrected chi connectivity index (χ3v) is 2.04. The Hall–Kier alpha value is -1.72. The van der Waals surface area contributed by atoms with Crippen molar-refractivity contribution in [1.82, 2.24) is 30.4 Å². The van der Waals surface area contributed by atoms with Crippen molar-refractivity contribution < 1.29 is 0 Å². The van der Waals surface area contributed by atoms with E-state index in [1.807, 2.05) is 18.5 Å². The number of aromatic nitrogens is 6. The highest BCUT2D eigenvalue weighted by Gasteiger charge is 2.03. The summed E-state index contributed by atoms with van der Waals surface area (Å²) in [5, 5.41) is 18.0. The van der Waals surface area contributed by atoms with Gasteiger partial charge in [-0.05, 0) is 19.9 Å². The third kappa shape index (κ3) is 1.78. The minimum atomic E-state index is 0.720. The molecule has 74 valence electrons. The Kier molecular flexibility index (Phi) is 2.26. The number of hydrogen-bond donors (Lipinski definition) is 1. The predicted octanol–water partition coefficient (Wildman–Crippen LogP) is 0.256. The lowest BCUT2D eigenvalue weighted by Crippen LogP contribution is -2.06. The van der Waals surface area contributed by atoms with Crippen LogP contribution in [0.5, 0.6) is 0 Å². The van der Waals surface area contributed by atoms with Gasteiger partial charge in [-0.25, -0.2) is 0 Å². The number of H-pyrrole nitrogens is 1. The van der Waals surface area contributed by atoms with Crippen molar-refractivity contribution in [3.63, 3.8) is 0 Å². The molecule has 0 saturated heterocycles. The van der Waals surface area contributed by atoms with Crippen molar-refractivity contribution in [2.24, 2.45) is 0 Å². The number of nitrogens with zero attached hydrogens (tertiary/aromatic N) is 5. The third-order valence-electron chi connectivity index (χ3n) is 2.04. The van der Waals surface area contributed by atoms with E-state index in [1.54, 1.807) is 0 Å². The predicted molar refractivity (Wildman–Crippen MR) is 49.6 cm³/mol. The molecule has 2 heterocycles. The maximum absolute atomic E-state index is 4.34. The van der Waals surface area contributed by atoms with Gasteiger partial charge in [-0.2, -0.15) is 10.3 Å². The zero-order valence-electron chi connectivity index (χ0n) is 8.23. The summed E-state index contributed by atoms with van der Waals surface area (Å²) in [5.41, 5.74) is 2.20. The normalized spacial score (nSPS) is 10.7. The van der Waals surface area contributed by atoms with Crippen LogP contribution in [0.3, 0.4) is 0 Å². The highest BCUT2D eigenvalue weighted by Crippen LogP contribution is 2.02. The SMILES string of the molecule is Cc1cc(C)n(CCc2nn[nH]n2)n1. The van der Waals surface area contributed by atoms with E-state index in [9.17, 15) is 0 Å². The van der Waals surface area contributed by atoms with Crippen molar-refractivity contribution in [1.29, 1.82) is 0 Å². The van der Waals surface area contributed by atoms with Gasteiger partial charge in [0.25, 0.3) is 0 Å². The highest BCUT2D eigenvalue weighted by atomic mass is 15.5. The van der Waals surface area contributed by atoms with Crippen LogP contribution in [-0.2, 0) is 13.0 Å². The summed E-state index contributed by atoms with van der Waals surface area (Å²) in [6, 6.07) is 2.05. The quantitative estimate of drug-likeness (QED) is 0.756. The Labute approximate surface area is 81.3 Å². The molecule has 0 saturated carbocycles. The van der Waals surface area contributed by atoms with Gasteiger partial charge in [0, 0.05) is 18.7 Å². The van der Waals surface area contributed by atoms with Crippen LogP contribution in [0.15, 0.2) is 6.07 Å². The van der Waals surface area contributed by atoms with Gasteiger partial charge in [0.1, 0.15) is 0 Å². The molecule has 2 rings (SSSR count). The number of hydrogen-bond acceptors (Lipinski definition) is 4. The van der Waals surface area contributed by atoms with Crippen molar-refractivity contribution in [3.05, 3.63) is 23.3 Å². The van der Waals surface area contributed by atoms with E-state index in [0.717, 1.165) is 30.2 Å². The molecule has 0 aliphatic rings. The second-order valence-corrected chi connectivity index (χ2v) is 3.23. The fourth-order valence-electron chi connectivity index (χ4n) is 1.40. The number of rotatable bonds is 3. The molecule has 2 aromatic heterocycles. The molecule has 1 N–H and O–H groups in total. The lowest BCUT2D eigenvalue weighted by Gasteiger charge is -2.00. The number of tetrazole rings is 1. The Balaban J connectivity index is 2.01. The van der Waals surface area contributed by atoms with Crippen LogP contribution >= 0.6 is 0 Å². The summed E-state index contributed by atoms with van der Waals surface area (Å²) < 4.78 is 1.95. The molecule has 14 heavy (non-hydrogen) atoms. The first-order chi connectivity index (χ1) is 6.75. The van der Waals surface area contributed by atoms with Crippen LogP contribution in [0.25, 0.3) is 0 Å². The molecule has 6 heteroatoms. The molecule has 0 aliphatic carbocycles. The van der Waals surface area contributed by atoms with Crippen LogP contribution in [0, 0.1) is 13.8 Å². The number of aryl methyl sites for hydroxylation is 4. The van der Waals surface area contributed by atoms with Gasteiger partial charge in [0.05, 0.1) is 5.69 Å². The molecule has 0 atom stereocenters. The van der Waals surface area contributed by atoms with E-state index in [0.29, 0.717) is 0 Å². The van der Waals surface area contributed by atoms with E-state index < -0.39 is 0 Å². The van der Waals surface area contributed by atoms with Gasteiger partial charge in [0.15, 0.2) is 5.82 Å². The Morgan fingerprint density at radius 2 is 2.29 bits per heavy atom.